The van der Waals surface area contributed by atoms with Gasteiger partial charge in [0.2, 0.25) is 6.17 Å². The van der Waals surface area contributed by atoms with E-state index in [4.69, 9.17) is 16.7 Å². The molecule has 0 aliphatic rings. The number of carbonyl (C=O) groups is 1. The van der Waals surface area contributed by atoms with Gasteiger partial charge in [0, 0.05) is 5.02 Å². The van der Waals surface area contributed by atoms with E-state index in [0.29, 0.717) is 5.02 Å². The molecule has 0 aliphatic carbocycles. The largest absolute Gasteiger partial charge is 0.479 e. The fraction of sp³-hybridized carbons (Fsp3) is 0.300. The van der Waals surface area contributed by atoms with E-state index in [9.17, 15) is 14.3 Å². The number of hydrogen-bond acceptors (Lipinski definition) is 2. The Kier molecular flexibility index (Phi) is 3.31. The lowest BCUT2D eigenvalue weighted by Crippen LogP contribution is -2.39. The predicted molar refractivity (Wildman–Crippen MR) is 53.6 cm³/mol. The molecule has 0 heterocycles. The molecule has 0 aromatic heterocycles. The minimum Gasteiger partial charge on any atom is -0.479 e. The molecule has 2 N–H and O–H groups in total. The van der Waals surface area contributed by atoms with Crippen LogP contribution in [0.5, 0.6) is 0 Å². The molecule has 0 spiro atoms. The summed E-state index contributed by atoms with van der Waals surface area (Å²) in [6.45, 7) is 1.09. The highest BCUT2D eigenvalue weighted by molar-refractivity contribution is 6.30. The highest BCUT2D eigenvalue weighted by Crippen LogP contribution is 2.28. The number of alkyl halides is 1. The maximum atomic E-state index is 13.2. The summed E-state index contributed by atoms with van der Waals surface area (Å²) in [7, 11) is 0. The fourth-order valence-electron chi connectivity index (χ4n) is 1.19. The molecule has 0 aliphatic heterocycles. The van der Waals surface area contributed by atoms with Crippen molar-refractivity contribution in [3.63, 3.8) is 0 Å². The Morgan fingerprint density at radius 3 is 2.67 bits per heavy atom. The van der Waals surface area contributed by atoms with Gasteiger partial charge in [0.1, 0.15) is 5.60 Å². The molecule has 15 heavy (non-hydrogen) atoms. The van der Waals surface area contributed by atoms with Crippen LogP contribution in [0.4, 0.5) is 4.39 Å². The fourth-order valence-corrected chi connectivity index (χ4v) is 1.38. The van der Waals surface area contributed by atoms with Gasteiger partial charge in [0.25, 0.3) is 0 Å². The first-order chi connectivity index (χ1) is 6.85. The molecule has 1 rings (SSSR count). The van der Waals surface area contributed by atoms with Gasteiger partial charge in [-0.25, -0.2) is 9.18 Å². The van der Waals surface area contributed by atoms with Gasteiger partial charge in [-0.2, -0.15) is 0 Å². The smallest absolute Gasteiger partial charge is 0.341 e. The van der Waals surface area contributed by atoms with Gasteiger partial charge in [0.15, 0.2) is 0 Å². The first-order valence-electron chi connectivity index (χ1n) is 4.21. The Bertz CT molecular complexity index is 379. The molecular weight excluding hydrogens is 223 g/mol. The van der Waals surface area contributed by atoms with Crippen LogP contribution in [0.25, 0.3) is 0 Å². The van der Waals surface area contributed by atoms with Gasteiger partial charge in [-0.15, -0.1) is 0 Å². The quantitative estimate of drug-likeness (QED) is 0.838. The summed E-state index contributed by atoms with van der Waals surface area (Å²) in [5, 5.41) is 18.5. The molecule has 1 aromatic carbocycles. The first-order valence-corrected chi connectivity index (χ1v) is 4.59. The van der Waals surface area contributed by atoms with Crippen LogP contribution in [0.3, 0.4) is 0 Å². The topological polar surface area (TPSA) is 57.5 Å². The summed E-state index contributed by atoms with van der Waals surface area (Å²) in [4.78, 5) is 10.4. The molecule has 0 fully saturated rings. The van der Waals surface area contributed by atoms with E-state index in [-0.39, 0.29) is 5.56 Å². The molecule has 82 valence electrons. The zero-order chi connectivity index (χ0) is 11.6. The van der Waals surface area contributed by atoms with Crippen molar-refractivity contribution < 1.29 is 19.4 Å². The van der Waals surface area contributed by atoms with Crippen LogP contribution in [0.2, 0.25) is 5.02 Å². The zero-order valence-corrected chi connectivity index (χ0v) is 8.70. The summed E-state index contributed by atoms with van der Waals surface area (Å²) in [6.07, 6.45) is -2.39. The number of halogens is 2. The Balaban J connectivity index is 3.10. The average Bonchev–Trinajstić information content (AvgIpc) is 2.16. The zero-order valence-electron chi connectivity index (χ0n) is 7.95. The van der Waals surface area contributed by atoms with E-state index in [0.717, 1.165) is 6.92 Å². The Morgan fingerprint density at radius 1 is 1.60 bits per heavy atom. The number of hydrogen-bond donors (Lipinski definition) is 2. The van der Waals surface area contributed by atoms with Crippen molar-refractivity contribution in [2.75, 3.05) is 0 Å². The maximum absolute atomic E-state index is 13.2. The van der Waals surface area contributed by atoms with Crippen LogP contribution in [-0.2, 0) is 10.4 Å². The van der Waals surface area contributed by atoms with Crippen molar-refractivity contribution in [1.82, 2.24) is 0 Å². The average molecular weight is 233 g/mol. The molecule has 0 saturated carbocycles. The summed E-state index contributed by atoms with van der Waals surface area (Å²) in [5.74, 6) is -1.71. The SMILES string of the molecule is CC(O)(c1cccc(Cl)c1)C(F)C(=O)O. The van der Waals surface area contributed by atoms with Gasteiger partial charge in [-0.1, -0.05) is 23.7 Å². The highest BCUT2D eigenvalue weighted by atomic mass is 35.5. The van der Waals surface area contributed by atoms with Gasteiger partial charge in [-0.3, -0.25) is 0 Å². The van der Waals surface area contributed by atoms with Crippen molar-refractivity contribution in [1.29, 1.82) is 0 Å². The standard InChI is InChI=1S/C10H10ClFO3/c1-10(15,8(12)9(13)14)6-3-2-4-7(11)5-6/h2-5,8,15H,1H3,(H,13,14). The second-order valence-corrected chi connectivity index (χ2v) is 3.80. The Labute approximate surface area is 91.1 Å². The summed E-state index contributed by atoms with van der Waals surface area (Å²) in [5.41, 5.74) is -1.96. The van der Waals surface area contributed by atoms with Gasteiger partial charge in [0.05, 0.1) is 0 Å². The normalized spacial score (nSPS) is 16.8. The molecule has 2 unspecified atom stereocenters. The monoisotopic (exact) mass is 232 g/mol. The summed E-state index contributed by atoms with van der Waals surface area (Å²) < 4.78 is 13.2. The minimum absolute atomic E-state index is 0.130. The molecule has 5 heteroatoms. The predicted octanol–water partition coefficient (Wildman–Crippen LogP) is 1.97. The van der Waals surface area contributed by atoms with E-state index in [2.05, 4.69) is 0 Å². The lowest BCUT2D eigenvalue weighted by atomic mass is 9.91. The van der Waals surface area contributed by atoms with Crippen LogP contribution >= 0.6 is 11.6 Å². The molecule has 1 aromatic rings. The molecular formula is C10H10ClFO3. The van der Waals surface area contributed by atoms with E-state index < -0.39 is 17.7 Å². The Morgan fingerprint density at radius 2 is 2.20 bits per heavy atom. The second kappa shape index (κ2) is 4.16. The number of carboxylic acids is 1. The van der Waals surface area contributed by atoms with Gasteiger partial charge >= 0.3 is 5.97 Å². The molecule has 0 amide bonds. The van der Waals surface area contributed by atoms with E-state index >= 15 is 0 Å². The van der Waals surface area contributed by atoms with Crippen molar-refractivity contribution in [3.8, 4) is 0 Å². The van der Waals surface area contributed by atoms with Crippen molar-refractivity contribution in [2.24, 2.45) is 0 Å². The van der Waals surface area contributed by atoms with Crippen LogP contribution in [-0.4, -0.2) is 22.4 Å². The number of aliphatic carboxylic acids is 1. The summed E-state index contributed by atoms with van der Waals surface area (Å²) >= 11 is 5.65. The van der Waals surface area contributed by atoms with Gasteiger partial charge in [-0.05, 0) is 24.6 Å². The molecule has 0 bridgehead atoms. The lowest BCUT2D eigenvalue weighted by Gasteiger charge is -2.25. The Hall–Kier alpha value is -1.13. The van der Waals surface area contributed by atoms with Crippen molar-refractivity contribution >= 4 is 17.6 Å². The first kappa shape index (κ1) is 11.9. The molecule has 2 atom stereocenters. The van der Waals surface area contributed by atoms with E-state index in [1.54, 1.807) is 6.07 Å². The van der Waals surface area contributed by atoms with Crippen molar-refractivity contribution in [2.45, 2.75) is 18.7 Å². The number of rotatable bonds is 3. The maximum Gasteiger partial charge on any atom is 0.341 e. The number of benzene rings is 1. The van der Waals surface area contributed by atoms with Crippen LogP contribution in [0.1, 0.15) is 12.5 Å². The highest BCUT2D eigenvalue weighted by Gasteiger charge is 2.39. The number of aliphatic hydroxyl groups is 1. The minimum atomic E-state index is -2.39. The molecule has 0 radical (unpaired) electrons. The molecule has 0 saturated heterocycles. The number of carboxylic acid groups (broad SMARTS) is 1. The van der Waals surface area contributed by atoms with Crippen LogP contribution in [0, 0.1) is 0 Å². The third-order valence-electron chi connectivity index (χ3n) is 2.12. The lowest BCUT2D eigenvalue weighted by molar-refractivity contribution is -0.153. The van der Waals surface area contributed by atoms with Crippen LogP contribution in [0.15, 0.2) is 24.3 Å². The van der Waals surface area contributed by atoms with E-state index in [1.807, 2.05) is 0 Å². The second-order valence-electron chi connectivity index (χ2n) is 3.36. The third kappa shape index (κ3) is 2.46. The van der Waals surface area contributed by atoms with Crippen LogP contribution < -0.4 is 0 Å². The van der Waals surface area contributed by atoms with Crippen molar-refractivity contribution in [3.05, 3.63) is 34.9 Å². The van der Waals surface area contributed by atoms with Gasteiger partial charge < -0.3 is 10.2 Å². The third-order valence-corrected chi connectivity index (χ3v) is 2.35. The van der Waals surface area contributed by atoms with E-state index in [1.165, 1.54) is 18.2 Å². The molecule has 3 nitrogen and oxygen atoms in total. The summed E-state index contributed by atoms with van der Waals surface area (Å²) in [6, 6.07) is 5.81.